The Balaban J connectivity index is 1.29. The smallest absolute Gasteiger partial charge is 0.251 e. The molecule has 0 bridgehead atoms. The molecule has 3 aliphatic rings. The van der Waals surface area contributed by atoms with E-state index in [0.717, 1.165) is 38.9 Å². The second kappa shape index (κ2) is 14.4. The first-order valence-corrected chi connectivity index (χ1v) is 16.8. The molecule has 8 nitrogen and oxygen atoms in total. The molecule has 9 heteroatoms. The van der Waals surface area contributed by atoms with Crippen molar-refractivity contribution >= 4 is 17.7 Å². The predicted octanol–water partition coefficient (Wildman–Crippen LogP) is 5.15. The molecule has 1 saturated carbocycles. The first-order valence-electron chi connectivity index (χ1n) is 16.8. The van der Waals surface area contributed by atoms with Crippen LogP contribution in [-0.2, 0) is 0 Å². The Hall–Kier alpha value is -3.30. The molecular weight excluding hydrogens is 569 g/mol. The Morgan fingerprint density at radius 2 is 1.56 bits per heavy atom. The number of benzene rings is 2. The number of hydrogen-bond donors (Lipinski definition) is 3. The van der Waals surface area contributed by atoms with Crippen LogP contribution in [0.15, 0.2) is 30.3 Å². The Labute approximate surface area is 267 Å². The molecule has 2 saturated heterocycles. The molecule has 2 aromatic carbocycles. The number of carbonyl (C=O) groups is 3. The van der Waals surface area contributed by atoms with Crippen LogP contribution in [-0.4, -0.2) is 85.4 Å². The van der Waals surface area contributed by atoms with Gasteiger partial charge in [0.1, 0.15) is 5.82 Å². The Morgan fingerprint density at radius 1 is 0.844 bits per heavy atom. The molecule has 2 aromatic rings. The maximum absolute atomic E-state index is 15.2. The van der Waals surface area contributed by atoms with Gasteiger partial charge in [0.15, 0.2) is 0 Å². The molecule has 3 N–H and O–H groups in total. The van der Waals surface area contributed by atoms with Gasteiger partial charge in [-0.05, 0) is 131 Å². The highest BCUT2D eigenvalue weighted by Crippen LogP contribution is 2.31. The second-order valence-electron chi connectivity index (χ2n) is 14.3. The van der Waals surface area contributed by atoms with Gasteiger partial charge in [0.05, 0.1) is 0 Å². The fourth-order valence-electron chi connectivity index (χ4n) is 6.36. The highest BCUT2D eigenvalue weighted by molar-refractivity contribution is 6.05. The van der Waals surface area contributed by atoms with E-state index in [1.54, 1.807) is 31.2 Å². The maximum Gasteiger partial charge on any atom is 0.251 e. The van der Waals surface area contributed by atoms with Crippen LogP contribution in [0.3, 0.4) is 0 Å². The first-order chi connectivity index (χ1) is 21.5. The lowest BCUT2D eigenvalue weighted by Gasteiger charge is -2.36. The minimum Gasteiger partial charge on any atom is -0.352 e. The van der Waals surface area contributed by atoms with Crippen LogP contribution in [0.25, 0.3) is 11.1 Å². The summed E-state index contributed by atoms with van der Waals surface area (Å²) in [5, 5.41) is 8.92. The summed E-state index contributed by atoms with van der Waals surface area (Å²) in [6, 6.07) is 8.67. The van der Waals surface area contributed by atoms with E-state index in [1.807, 2.05) is 20.8 Å². The van der Waals surface area contributed by atoms with Gasteiger partial charge in [0.25, 0.3) is 17.7 Å². The number of piperidine rings is 1. The van der Waals surface area contributed by atoms with Crippen LogP contribution in [0.1, 0.15) is 102 Å². The Morgan fingerprint density at radius 3 is 2.22 bits per heavy atom. The van der Waals surface area contributed by atoms with Gasteiger partial charge in [-0.1, -0.05) is 26.8 Å². The number of likely N-dealkylation sites (tertiary alicyclic amines) is 2. The zero-order valence-electron chi connectivity index (χ0n) is 27.4. The van der Waals surface area contributed by atoms with E-state index in [4.69, 9.17) is 0 Å². The molecule has 2 heterocycles. The van der Waals surface area contributed by atoms with E-state index >= 15 is 4.39 Å². The normalized spacial score (nSPS) is 18.2. The fraction of sp³-hybridized carbons (Fsp3) is 0.583. The van der Waals surface area contributed by atoms with Crippen LogP contribution in [0.5, 0.6) is 0 Å². The molecule has 0 aromatic heterocycles. The molecule has 5 rings (SSSR count). The molecule has 2 aliphatic heterocycles. The van der Waals surface area contributed by atoms with Crippen molar-refractivity contribution in [1.82, 2.24) is 25.8 Å². The van der Waals surface area contributed by atoms with Crippen molar-refractivity contribution in [3.8, 4) is 11.1 Å². The number of rotatable bonds is 11. The molecule has 45 heavy (non-hydrogen) atoms. The standard InChI is InChI=1S/C36H50FN5O3/c1-24-30(21-26(22-32(24)37)34(44)40-27-9-10-27)29-11-8-25(33(43)39-23-36(2,3)4)20-31(29)35(45)38-14-7-15-41-18-12-28(13-19-41)42-16-5-6-17-42/h8,11,20-22,27-28H,5-7,9-10,12-19,23H2,1-4H3,(H,38,45)(H,39,43)(H,40,44). The molecule has 0 unspecified atom stereocenters. The quantitative estimate of drug-likeness (QED) is 0.303. The molecule has 244 valence electrons. The summed E-state index contributed by atoms with van der Waals surface area (Å²) in [4.78, 5) is 44.7. The van der Waals surface area contributed by atoms with E-state index in [-0.39, 0.29) is 40.3 Å². The molecular formula is C36H50FN5O3. The molecule has 0 radical (unpaired) electrons. The van der Waals surface area contributed by atoms with Gasteiger partial charge >= 0.3 is 0 Å². The Kier molecular flexibility index (Phi) is 10.6. The van der Waals surface area contributed by atoms with Gasteiger partial charge in [-0.2, -0.15) is 0 Å². The lowest BCUT2D eigenvalue weighted by atomic mass is 9.91. The summed E-state index contributed by atoms with van der Waals surface area (Å²) in [6.07, 6.45) is 7.70. The minimum atomic E-state index is -0.514. The highest BCUT2D eigenvalue weighted by atomic mass is 19.1. The maximum atomic E-state index is 15.2. The zero-order chi connectivity index (χ0) is 32.1. The van der Waals surface area contributed by atoms with Crippen LogP contribution in [0.4, 0.5) is 4.39 Å². The van der Waals surface area contributed by atoms with E-state index < -0.39 is 5.82 Å². The van der Waals surface area contributed by atoms with E-state index in [1.165, 1.54) is 44.8 Å². The summed E-state index contributed by atoms with van der Waals surface area (Å²) in [5.41, 5.74) is 2.04. The van der Waals surface area contributed by atoms with Crippen molar-refractivity contribution in [3.05, 3.63) is 58.4 Å². The number of halogens is 1. The highest BCUT2D eigenvalue weighted by Gasteiger charge is 2.27. The van der Waals surface area contributed by atoms with Gasteiger partial charge in [-0.25, -0.2) is 4.39 Å². The minimum absolute atomic E-state index is 0.102. The molecule has 3 amide bonds. The first kappa shape index (κ1) is 33.1. The fourth-order valence-corrected chi connectivity index (χ4v) is 6.36. The van der Waals surface area contributed by atoms with Crippen molar-refractivity contribution in [2.24, 2.45) is 5.41 Å². The van der Waals surface area contributed by atoms with Gasteiger partial charge in [-0.3, -0.25) is 14.4 Å². The lowest BCUT2D eigenvalue weighted by Crippen LogP contribution is -2.44. The largest absolute Gasteiger partial charge is 0.352 e. The summed E-state index contributed by atoms with van der Waals surface area (Å²) in [6.45, 7) is 14.3. The van der Waals surface area contributed by atoms with Gasteiger partial charge in [0.2, 0.25) is 0 Å². The van der Waals surface area contributed by atoms with Crippen LogP contribution in [0.2, 0.25) is 0 Å². The third-order valence-corrected chi connectivity index (χ3v) is 9.27. The molecule has 0 atom stereocenters. The summed E-state index contributed by atoms with van der Waals surface area (Å²) in [7, 11) is 0. The number of hydrogen-bond acceptors (Lipinski definition) is 5. The lowest BCUT2D eigenvalue weighted by molar-refractivity contribution is 0.0934. The van der Waals surface area contributed by atoms with Crippen molar-refractivity contribution in [2.45, 2.75) is 84.7 Å². The third-order valence-electron chi connectivity index (χ3n) is 9.27. The number of nitrogens with one attached hydrogen (secondary N) is 3. The van der Waals surface area contributed by atoms with E-state index in [9.17, 15) is 14.4 Å². The third kappa shape index (κ3) is 8.91. The van der Waals surface area contributed by atoms with Gasteiger partial charge in [-0.15, -0.1) is 0 Å². The van der Waals surface area contributed by atoms with Gasteiger partial charge < -0.3 is 25.8 Å². The van der Waals surface area contributed by atoms with Crippen molar-refractivity contribution in [3.63, 3.8) is 0 Å². The summed E-state index contributed by atoms with van der Waals surface area (Å²) in [5.74, 6) is -1.44. The SMILES string of the molecule is Cc1c(F)cc(C(=O)NC2CC2)cc1-c1ccc(C(=O)NCC(C)(C)C)cc1C(=O)NCCCN1CCC(N2CCCC2)CC1. The average molecular weight is 620 g/mol. The van der Waals surface area contributed by atoms with Crippen LogP contribution < -0.4 is 16.0 Å². The zero-order valence-corrected chi connectivity index (χ0v) is 27.4. The molecule has 3 fully saturated rings. The van der Waals surface area contributed by atoms with E-state index in [0.29, 0.717) is 41.4 Å². The number of nitrogens with zero attached hydrogens (tertiary/aromatic N) is 2. The van der Waals surface area contributed by atoms with Crippen molar-refractivity contribution in [2.75, 3.05) is 45.8 Å². The van der Waals surface area contributed by atoms with Crippen LogP contribution >= 0.6 is 0 Å². The predicted molar refractivity (Wildman–Crippen MR) is 176 cm³/mol. The number of amides is 3. The number of carbonyl (C=O) groups excluding carboxylic acids is 3. The monoisotopic (exact) mass is 619 g/mol. The van der Waals surface area contributed by atoms with Gasteiger partial charge in [0, 0.05) is 41.9 Å². The summed E-state index contributed by atoms with van der Waals surface area (Å²) >= 11 is 0. The van der Waals surface area contributed by atoms with Crippen LogP contribution in [0, 0.1) is 18.2 Å². The summed E-state index contributed by atoms with van der Waals surface area (Å²) < 4.78 is 15.2. The average Bonchev–Trinajstić information content (AvgIpc) is 3.66. The Bertz CT molecular complexity index is 1390. The molecule has 0 spiro atoms. The van der Waals surface area contributed by atoms with E-state index in [2.05, 4.69) is 25.8 Å². The van der Waals surface area contributed by atoms with Crippen molar-refractivity contribution < 1.29 is 18.8 Å². The second-order valence-corrected chi connectivity index (χ2v) is 14.3. The topological polar surface area (TPSA) is 93.8 Å². The van der Waals surface area contributed by atoms with Crippen molar-refractivity contribution in [1.29, 1.82) is 0 Å². The molecule has 1 aliphatic carbocycles.